The smallest absolute Gasteiger partial charge is 0.309 e. The molecule has 0 fully saturated rings. The predicted octanol–water partition coefficient (Wildman–Crippen LogP) is 6.75. The van der Waals surface area contributed by atoms with Crippen molar-refractivity contribution in [2.75, 3.05) is 11.6 Å². The Morgan fingerprint density at radius 1 is 1.03 bits per heavy atom. The Bertz CT molecular complexity index is 1440. The van der Waals surface area contributed by atoms with Gasteiger partial charge in [-0.15, -0.1) is 11.3 Å². The first-order valence-corrected chi connectivity index (χ1v) is 12.6. The Morgan fingerprint density at radius 2 is 1.82 bits per heavy atom. The van der Waals surface area contributed by atoms with Crippen LogP contribution in [0.1, 0.15) is 22.3 Å². The minimum atomic E-state index is -0.323. The number of hydrogen-bond acceptors (Lipinski definition) is 7. The van der Waals surface area contributed by atoms with E-state index < -0.39 is 0 Å². The molecular formula is C24H17BrN4O2S2. The summed E-state index contributed by atoms with van der Waals surface area (Å²) in [6.07, 6.45) is 1.64. The molecule has 0 aliphatic rings. The summed E-state index contributed by atoms with van der Waals surface area (Å²) in [5, 5.41) is 6.69. The van der Waals surface area contributed by atoms with E-state index in [4.69, 9.17) is 4.74 Å². The van der Waals surface area contributed by atoms with Gasteiger partial charge in [0, 0.05) is 4.47 Å². The number of halogens is 1. The lowest BCUT2D eigenvalue weighted by molar-refractivity contribution is 0.0987. The van der Waals surface area contributed by atoms with E-state index in [2.05, 4.69) is 31.0 Å². The van der Waals surface area contributed by atoms with E-state index in [1.807, 2.05) is 73.7 Å². The lowest BCUT2D eigenvalue weighted by atomic mass is 10.2. The van der Waals surface area contributed by atoms with Crippen LogP contribution in [0.15, 0.2) is 76.3 Å². The van der Waals surface area contributed by atoms with Gasteiger partial charge in [0.15, 0.2) is 5.01 Å². The Kier molecular flexibility index (Phi) is 6.17. The van der Waals surface area contributed by atoms with Crippen LogP contribution in [0.5, 0.6) is 5.75 Å². The fraction of sp³-hybridized carbons (Fsp3) is 0.0833. The number of hydrazone groups is 1. The van der Waals surface area contributed by atoms with Crippen molar-refractivity contribution in [1.82, 2.24) is 9.97 Å². The first kappa shape index (κ1) is 21.7. The summed E-state index contributed by atoms with van der Waals surface area (Å²) in [6.45, 7) is 2.54. The van der Waals surface area contributed by atoms with E-state index in [1.54, 1.807) is 6.21 Å². The quantitative estimate of drug-likeness (QED) is 0.178. The highest BCUT2D eigenvalue weighted by atomic mass is 79.9. The highest BCUT2D eigenvalue weighted by Crippen LogP contribution is 2.33. The van der Waals surface area contributed by atoms with Crippen LogP contribution in [-0.2, 0) is 0 Å². The SMILES string of the molecule is CCOc1ccc(/C=N/N(C(=O)c2nc3ccccc3s2)c2nc3ccc(Br)cc3s2)cc1. The third-order valence-corrected chi connectivity index (χ3v) is 7.21. The lowest BCUT2D eigenvalue weighted by Gasteiger charge is -2.12. The Balaban J connectivity index is 1.53. The van der Waals surface area contributed by atoms with Gasteiger partial charge in [0.2, 0.25) is 5.13 Å². The predicted molar refractivity (Wildman–Crippen MR) is 139 cm³/mol. The maximum absolute atomic E-state index is 13.5. The van der Waals surface area contributed by atoms with Gasteiger partial charge in [0.1, 0.15) is 5.75 Å². The second-order valence-electron chi connectivity index (χ2n) is 6.96. The molecule has 3 aromatic carbocycles. The molecule has 0 radical (unpaired) electrons. The molecule has 2 aromatic heterocycles. The van der Waals surface area contributed by atoms with Crippen molar-refractivity contribution in [2.45, 2.75) is 6.92 Å². The molecule has 5 rings (SSSR count). The van der Waals surface area contributed by atoms with Crippen LogP contribution in [0.3, 0.4) is 0 Å². The molecule has 0 saturated heterocycles. The zero-order chi connectivity index (χ0) is 22.8. The molecule has 0 saturated carbocycles. The van der Waals surface area contributed by atoms with Crippen molar-refractivity contribution in [2.24, 2.45) is 5.10 Å². The van der Waals surface area contributed by atoms with E-state index in [0.717, 1.165) is 36.2 Å². The van der Waals surface area contributed by atoms with Gasteiger partial charge in [-0.25, -0.2) is 9.97 Å². The minimum Gasteiger partial charge on any atom is -0.494 e. The van der Waals surface area contributed by atoms with Crippen LogP contribution in [-0.4, -0.2) is 28.7 Å². The van der Waals surface area contributed by atoms with Gasteiger partial charge in [-0.1, -0.05) is 39.4 Å². The van der Waals surface area contributed by atoms with Crippen LogP contribution in [0.2, 0.25) is 0 Å². The molecule has 0 atom stereocenters. The normalized spacial score (nSPS) is 11.5. The molecule has 0 N–H and O–H groups in total. The number of anilines is 1. The van der Waals surface area contributed by atoms with Gasteiger partial charge in [0.25, 0.3) is 0 Å². The van der Waals surface area contributed by atoms with E-state index >= 15 is 0 Å². The molecular weight excluding hydrogens is 520 g/mol. The van der Waals surface area contributed by atoms with E-state index in [0.29, 0.717) is 16.7 Å². The number of aromatic nitrogens is 2. The van der Waals surface area contributed by atoms with Crippen LogP contribution >= 0.6 is 38.6 Å². The average molecular weight is 537 g/mol. The molecule has 0 aliphatic heterocycles. The lowest BCUT2D eigenvalue weighted by Crippen LogP contribution is -2.25. The first-order chi connectivity index (χ1) is 16.1. The summed E-state index contributed by atoms with van der Waals surface area (Å²) in [7, 11) is 0. The molecule has 5 aromatic rings. The number of carbonyl (C=O) groups excluding carboxylic acids is 1. The zero-order valence-electron chi connectivity index (χ0n) is 17.4. The topological polar surface area (TPSA) is 67.7 Å². The summed E-state index contributed by atoms with van der Waals surface area (Å²) < 4.78 is 8.35. The van der Waals surface area contributed by atoms with Gasteiger partial charge in [0.05, 0.1) is 33.3 Å². The molecule has 9 heteroatoms. The molecule has 0 spiro atoms. The zero-order valence-corrected chi connectivity index (χ0v) is 20.7. The summed E-state index contributed by atoms with van der Waals surface area (Å²) in [5.41, 5.74) is 2.43. The highest BCUT2D eigenvalue weighted by Gasteiger charge is 2.24. The van der Waals surface area contributed by atoms with Crippen molar-refractivity contribution in [3.05, 3.63) is 81.8 Å². The molecule has 33 heavy (non-hydrogen) atoms. The number of hydrogen-bond donors (Lipinski definition) is 0. The van der Waals surface area contributed by atoms with Crippen molar-refractivity contribution in [1.29, 1.82) is 0 Å². The second kappa shape index (κ2) is 9.38. The van der Waals surface area contributed by atoms with Crippen LogP contribution in [0.4, 0.5) is 5.13 Å². The fourth-order valence-electron chi connectivity index (χ4n) is 3.16. The molecule has 1 amide bonds. The monoisotopic (exact) mass is 536 g/mol. The Hall–Kier alpha value is -3.14. The molecule has 164 valence electrons. The number of ether oxygens (including phenoxy) is 1. The molecule has 2 heterocycles. The Morgan fingerprint density at radius 3 is 2.61 bits per heavy atom. The van der Waals surface area contributed by atoms with Crippen molar-refractivity contribution in [3.8, 4) is 5.75 Å². The number of para-hydroxylation sites is 1. The van der Waals surface area contributed by atoms with Crippen molar-refractivity contribution >= 4 is 76.3 Å². The van der Waals surface area contributed by atoms with Crippen LogP contribution < -0.4 is 9.75 Å². The van der Waals surface area contributed by atoms with Gasteiger partial charge >= 0.3 is 5.91 Å². The molecule has 0 unspecified atom stereocenters. The largest absolute Gasteiger partial charge is 0.494 e. The third kappa shape index (κ3) is 4.66. The maximum Gasteiger partial charge on any atom is 0.309 e. The van der Waals surface area contributed by atoms with Crippen molar-refractivity contribution < 1.29 is 9.53 Å². The van der Waals surface area contributed by atoms with Crippen molar-refractivity contribution in [3.63, 3.8) is 0 Å². The third-order valence-electron chi connectivity index (χ3n) is 4.70. The van der Waals surface area contributed by atoms with Crippen LogP contribution in [0, 0.1) is 0 Å². The summed E-state index contributed by atoms with van der Waals surface area (Å²) in [4.78, 5) is 22.7. The Labute approximate surface area is 206 Å². The summed E-state index contributed by atoms with van der Waals surface area (Å²) >= 11 is 6.24. The molecule has 6 nitrogen and oxygen atoms in total. The number of thiazole rings is 2. The summed E-state index contributed by atoms with van der Waals surface area (Å²) in [5.74, 6) is 0.463. The standard InChI is InChI=1S/C24H17BrN4O2S2/c1-2-31-17-10-7-15(8-11-17)14-26-29(24-28-19-12-9-16(25)13-21(19)33-24)23(30)22-27-18-5-3-4-6-20(18)32-22/h3-14H,2H2,1H3/b26-14+. The highest BCUT2D eigenvalue weighted by molar-refractivity contribution is 9.10. The summed E-state index contributed by atoms with van der Waals surface area (Å²) in [6, 6.07) is 21.0. The van der Waals surface area contributed by atoms with E-state index in [9.17, 15) is 4.79 Å². The van der Waals surface area contributed by atoms with Gasteiger partial charge < -0.3 is 4.74 Å². The number of nitrogens with zero attached hydrogens (tertiary/aromatic N) is 4. The average Bonchev–Trinajstić information content (AvgIpc) is 3.44. The van der Waals surface area contributed by atoms with Gasteiger partial charge in [-0.3, -0.25) is 4.79 Å². The number of fused-ring (bicyclic) bond motifs is 2. The van der Waals surface area contributed by atoms with Crippen LogP contribution in [0.25, 0.3) is 20.4 Å². The second-order valence-corrected chi connectivity index (χ2v) is 9.91. The molecule has 0 aliphatic carbocycles. The molecule has 0 bridgehead atoms. The van der Waals surface area contributed by atoms with Gasteiger partial charge in [-0.05, 0) is 67.1 Å². The maximum atomic E-state index is 13.5. The number of carbonyl (C=O) groups is 1. The minimum absolute atomic E-state index is 0.323. The number of benzene rings is 3. The number of amides is 1. The van der Waals surface area contributed by atoms with E-state index in [1.165, 1.54) is 27.7 Å². The number of rotatable bonds is 6. The fourth-order valence-corrected chi connectivity index (χ4v) is 5.53. The van der Waals surface area contributed by atoms with E-state index in [-0.39, 0.29) is 5.91 Å². The van der Waals surface area contributed by atoms with Gasteiger partial charge in [-0.2, -0.15) is 10.1 Å². The first-order valence-electron chi connectivity index (χ1n) is 10.1.